The molecule has 1 aliphatic rings. The number of nitrogens with one attached hydrogen (secondary N) is 2. The van der Waals surface area contributed by atoms with Gasteiger partial charge in [0.25, 0.3) is 0 Å². The lowest BCUT2D eigenvalue weighted by molar-refractivity contribution is 0.0888. The molecule has 146 valence electrons. The molecule has 0 spiro atoms. The predicted molar refractivity (Wildman–Crippen MR) is 110 cm³/mol. The molecule has 0 aliphatic carbocycles. The number of hydrogen-bond acceptors (Lipinski definition) is 5. The number of benzene rings is 1. The number of aliphatic imine (C=N–C) groups is 1. The summed E-state index contributed by atoms with van der Waals surface area (Å²) in [6.45, 7) is 4.78. The summed E-state index contributed by atoms with van der Waals surface area (Å²) in [5.41, 5.74) is 2.16. The van der Waals surface area contributed by atoms with Crippen LogP contribution in [0.25, 0.3) is 11.3 Å². The lowest BCUT2D eigenvalue weighted by atomic mass is 10.1. The normalized spacial score (nSPS) is 17.2. The number of ether oxygens (including phenoxy) is 2. The third kappa shape index (κ3) is 6.61. The lowest BCUT2D eigenvalue weighted by Gasteiger charge is -2.12. The summed E-state index contributed by atoms with van der Waals surface area (Å²) in [5, 5.41) is 9.77. The molecule has 0 amide bonds. The van der Waals surface area contributed by atoms with Crippen molar-refractivity contribution in [3.05, 3.63) is 40.7 Å². The average Bonchev–Trinajstić information content (AvgIpc) is 3.39. The van der Waals surface area contributed by atoms with Crippen LogP contribution in [0, 0.1) is 5.92 Å². The van der Waals surface area contributed by atoms with E-state index in [1.807, 2.05) is 18.2 Å². The van der Waals surface area contributed by atoms with Crippen LogP contribution in [-0.4, -0.2) is 51.0 Å². The van der Waals surface area contributed by atoms with E-state index in [1.165, 1.54) is 0 Å². The molecule has 7 heteroatoms. The van der Waals surface area contributed by atoms with Crippen molar-refractivity contribution in [3.8, 4) is 11.3 Å². The van der Waals surface area contributed by atoms with Gasteiger partial charge in [-0.3, -0.25) is 4.99 Å². The van der Waals surface area contributed by atoms with Crippen LogP contribution < -0.4 is 10.6 Å². The quantitative estimate of drug-likeness (QED) is 0.393. The van der Waals surface area contributed by atoms with Crippen LogP contribution in [0.15, 0.2) is 40.7 Å². The van der Waals surface area contributed by atoms with Gasteiger partial charge in [0, 0.05) is 43.7 Å². The first-order valence-corrected chi connectivity index (χ1v) is 10.3. The highest BCUT2D eigenvalue weighted by molar-refractivity contribution is 7.09. The van der Waals surface area contributed by atoms with E-state index in [0.717, 1.165) is 68.0 Å². The van der Waals surface area contributed by atoms with Crippen LogP contribution in [0.2, 0.25) is 0 Å². The standard InChI is InChI=1S/C20H28N4O2S/c1-21-20(22-9-5-10-25-13-16-8-11-26-14-16)23-12-19-24-18(15-27-19)17-6-3-2-4-7-17/h2-4,6-7,15-16H,5,8-14H2,1H3,(H2,21,22,23). The molecule has 0 radical (unpaired) electrons. The molecule has 1 fully saturated rings. The fourth-order valence-electron chi connectivity index (χ4n) is 2.86. The van der Waals surface area contributed by atoms with E-state index < -0.39 is 0 Å². The highest BCUT2D eigenvalue weighted by Crippen LogP contribution is 2.21. The van der Waals surface area contributed by atoms with Crippen molar-refractivity contribution in [2.45, 2.75) is 19.4 Å². The van der Waals surface area contributed by atoms with Crippen molar-refractivity contribution in [2.24, 2.45) is 10.9 Å². The number of nitrogens with zero attached hydrogens (tertiary/aromatic N) is 2. The number of thiazole rings is 1. The highest BCUT2D eigenvalue weighted by Gasteiger charge is 2.15. The maximum atomic E-state index is 5.72. The van der Waals surface area contributed by atoms with Gasteiger partial charge in [0.15, 0.2) is 5.96 Å². The Morgan fingerprint density at radius 2 is 2.22 bits per heavy atom. The topological polar surface area (TPSA) is 67.8 Å². The minimum Gasteiger partial charge on any atom is -0.381 e. The third-order valence-corrected chi connectivity index (χ3v) is 5.24. The molecule has 1 atom stereocenters. The largest absolute Gasteiger partial charge is 0.381 e. The molecular formula is C20H28N4O2S. The molecule has 2 N–H and O–H groups in total. The van der Waals surface area contributed by atoms with E-state index in [1.54, 1.807) is 18.4 Å². The summed E-state index contributed by atoms with van der Waals surface area (Å²) in [5.74, 6) is 1.36. The van der Waals surface area contributed by atoms with Gasteiger partial charge in [-0.15, -0.1) is 11.3 Å². The van der Waals surface area contributed by atoms with Crippen molar-refractivity contribution in [3.63, 3.8) is 0 Å². The van der Waals surface area contributed by atoms with Gasteiger partial charge in [-0.05, 0) is 12.8 Å². The van der Waals surface area contributed by atoms with Gasteiger partial charge in [-0.2, -0.15) is 0 Å². The fourth-order valence-corrected chi connectivity index (χ4v) is 3.60. The summed E-state index contributed by atoms with van der Waals surface area (Å²) >= 11 is 1.66. The van der Waals surface area contributed by atoms with Gasteiger partial charge >= 0.3 is 0 Å². The number of aromatic nitrogens is 1. The minimum atomic E-state index is 0.575. The van der Waals surface area contributed by atoms with Crippen LogP contribution in [-0.2, 0) is 16.0 Å². The Bertz CT molecular complexity index is 699. The molecule has 1 unspecified atom stereocenters. The average molecular weight is 389 g/mol. The molecule has 0 bridgehead atoms. The molecule has 3 rings (SSSR count). The Morgan fingerprint density at radius 3 is 3.00 bits per heavy atom. The van der Waals surface area contributed by atoms with Crippen LogP contribution >= 0.6 is 11.3 Å². The summed E-state index contributed by atoms with van der Waals surface area (Å²) in [7, 11) is 1.78. The van der Waals surface area contributed by atoms with Gasteiger partial charge in [0.05, 0.1) is 25.5 Å². The van der Waals surface area contributed by atoms with E-state index in [9.17, 15) is 0 Å². The van der Waals surface area contributed by atoms with Crippen molar-refractivity contribution in [1.29, 1.82) is 0 Å². The predicted octanol–water partition coefficient (Wildman–Crippen LogP) is 2.92. The van der Waals surface area contributed by atoms with Gasteiger partial charge in [0.1, 0.15) is 5.01 Å². The molecule has 1 aromatic carbocycles. The van der Waals surface area contributed by atoms with Crippen LogP contribution in [0.3, 0.4) is 0 Å². The van der Waals surface area contributed by atoms with E-state index in [-0.39, 0.29) is 0 Å². The van der Waals surface area contributed by atoms with E-state index in [0.29, 0.717) is 12.5 Å². The van der Waals surface area contributed by atoms with E-state index in [4.69, 9.17) is 9.47 Å². The summed E-state index contributed by atoms with van der Waals surface area (Å²) in [4.78, 5) is 8.95. The Morgan fingerprint density at radius 1 is 1.33 bits per heavy atom. The monoisotopic (exact) mass is 388 g/mol. The molecule has 6 nitrogen and oxygen atoms in total. The van der Waals surface area contributed by atoms with Crippen molar-refractivity contribution in [1.82, 2.24) is 15.6 Å². The zero-order valence-corrected chi connectivity index (χ0v) is 16.6. The Labute approximate surface area is 165 Å². The number of guanidine groups is 1. The minimum absolute atomic E-state index is 0.575. The molecule has 1 saturated heterocycles. The van der Waals surface area contributed by atoms with Crippen LogP contribution in [0.1, 0.15) is 17.8 Å². The first kappa shape index (κ1) is 19.8. The fraction of sp³-hybridized carbons (Fsp3) is 0.500. The maximum absolute atomic E-state index is 5.72. The Balaban J connectivity index is 1.31. The van der Waals surface area contributed by atoms with Gasteiger partial charge in [-0.1, -0.05) is 30.3 Å². The Kier molecular flexibility index (Phi) is 8.07. The van der Waals surface area contributed by atoms with E-state index >= 15 is 0 Å². The zero-order chi connectivity index (χ0) is 18.7. The first-order valence-electron chi connectivity index (χ1n) is 9.45. The second-order valence-electron chi connectivity index (χ2n) is 6.50. The lowest BCUT2D eigenvalue weighted by Crippen LogP contribution is -2.37. The smallest absolute Gasteiger partial charge is 0.191 e. The SMILES string of the molecule is CN=C(NCCCOCC1CCOC1)NCc1nc(-c2ccccc2)cs1. The second kappa shape index (κ2) is 11.0. The summed E-state index contributed by atoms with van der Waals surface area (Å²) in [6, 6.07) is 10.2. The molecule has 1 aromatic heterocycles. The van der Waals surface area contributed by atoms with Gasteiger partial charge in [0.2, 0.25) is 0 Å². The van der Waals surface area contributed by atoms with Crippen molar-refractivity contribution < 1.29 is 9.47 Å². The first-order chi connectivity index (χ1) is 13.3. The molecular weight excluding hydrogens is 360 g/mol. The molecule has 2 aromatic rings. The maximum Gasteiger partial charge on any atom is 0.191 e. The zero-order valence-electron chi connectivity index (χ0n) is 15.8. The molecule has 2 heterocycles. The third-order valence-electron chi connectivity index (χ3n) is 4.39. The van der Waals surface area contributed by atoms with E-state index in [2.05, 4.69) is 38.1 Å². The second-order valence-corrected chi connectivity index (χ2v) is 7.45. The van der Waals surface area contributed by atoms with Crippen LogP contribution in [0.4, 0.5) is 0 Å². The molecule has 1 aliphatic heterocycles. The summed E-state index contributed by atoms with van der Waals surface area (Å²) < 4.78 is 11.1. The van der Waals surface area contributed by atoms with Crippen LogP contribution in [0.5, 0.6) is 0 Å². The van der Waals surface area contributed by atoms with Gasteiger partial charge < -0.3 is 20.1 Å². The molecule has 27 heavy (non-hydrogen) atoms. The summed E-state index contributed by atoms with van der Waals surface area (Å²) in [6.07, 6.45) is 2.07. The van der Waals surface area contributed by atoms with Crippen molar-refractivity contribution >= 4 is 17.3 Å². The van der Waals surface area contributed by atoms with Gasteiger partial charge in [-0.25, -0.2) is 4.98 Å². The van der Waals surface area contributed by atoms with Crippen molar-refractivity contribution in [2.75, 3.05) is 40.0 Å². The Hall–Kier alpha value is -1.96. The molecule has 0 saturated carbocycles. The number of hydrogen-bond donors (Lipinski definition) is 2. The highest BCUT2D eigenvalue weighted by atomic mass is 32.1. The number of rotatable bonds is 9.